The highest BCUT2D eigenvalue weighted by Gasteiger charge is 2.23. The van der Waals surface area contributed by atoms with Crippen LogP contribution in [0.4, 0.5) is 0 Å². The van der Waals surface area contributed by atoms with Gasteiger partial charge < -0.3 is 5.32 Å². The first-order chi connectivity index (χ1) is 12.2. The first kappa shape index (κ1) is 18.4. The minimum absolute atomic E-state index is 0.175. The third-order valence-electron chi connectivity index (χ3n) is 4.28. The van der Waals surface area contributed by atoms with Crippen LogP contribution in [0.1, 0.15) is 29.1 Å². The Bertz CT molecular complexity index is 674. The van der Waals surface area contributed by atoms with Crippen LogP contribution in [0, 0.1) is 6.92 Å². The molecule has 0 radical (unpaired) electrons. The van der Waals surface area contributed by atoms with Gasteiger partial charge in [0.25, 0.3) is 0 Å². The van der Waals surface area contributed by atoms with Gasteiger partial charge in [-0.25, -0.2) is 4.98 Å². The molecule has 1 saturated heterocycles. The average molecular weight is 376 g/mol. The number of benzene rings is 1. The molecule has 1 fully saturated rings. The maximum Gasteiger partial charge on any atom is 0.221 e. The van der Waals surface area contributed by atoms with Crippen LogP contribution in [0.25, 0.3) is 0 Å². The molecule has 1 aromatic heterocycles. The normalized spacial score (nSPS) is 17.7. The summed E-state index contributed by atoms with van der Waals surface area (Å²) in [5, 5.41) is 6.40. The standard InChI is InChI=1S/C19H25N3OS2/c1-15-20-18(14-25-15)13-24-10-8-19(23)21-17-7-9-22(12-17)11-16-5-3-2-4-6-16/h2-6,14,17H,7-13H2,1H3,(H,21,23)/t17-/m1/s1. The molecule has 4 nitrogen and oxygen atoms in total. The molecule has 3 rings (SSSR count). The molecule has 1 aliphatic rings. The summed E-state index contributed by atoms with van der Waals surface area (Å²) >= 11 is 3.46. The zero-order valence-electron chi connectivity index (χ0n) is 14.6. The first-order valence-corrected chi connectivity index (χ1v) is 10.8. The number of thiazole rings is 1. The van der Waals surface area contributed by atoms with Gasteiger partial charge in [-0.05, 0) is 18.9 Å². The fourth-order valence-electron chi connectivity index (χ4n) is 3.05. The van der Waals surface area contributed by atoms with Crippen molar-refractivity contribution in [1.82, 2.24) is 15.2 Å². The Labute approximate surface area is 158 Å². The molecule has 0 aliphatic carbocycles. The number of likely N-dealkylation sites (tertiary alicyclic amines) is 1. The Morgan fingerprint density at radius 1 is 1.40 bits per heavy atom. The number of carbonyl (C=O) groups is 1. The molecule has 6 heteroatoms. The molecule has 25 heavy (non-hydrogen) atoms. The quantitative estimate of drug-likeness (QED) is 0.718. The van der Waals surface area contributed by atoms with Gasteiger partial charge in [-0.15, -0.1) is 11.3 Å². The fourth-order valence-corrected chi connectivity index (χ4v) is 4.60. The highest BCUT2D eigenvalue weighted by molar-refractivity contribution is 7.98. The van der Waals surface area contributed by atoms with Gasteiger partial charge in [0, 0.05) is 49.0 Å². The van der Waals surface area contributed by atoms with E-state index in [0.29, 0.717) is 12.5 Å². The van der Waals surface area contributed by atoms with Gasteiger partial charge in [0.15, 0.2) is 0 Å². The van der Waals surface area contributed by atoms with Gasteiger partial charge in [-0.1, -0.05) is 30.3 Å². The van der Waals surface area contributed by atoms with E-state index >= 15 is 0 Å². The van der Waals surface area contributed by atoms with Gasteiger partial charge in [0.1, 0.15) is 0 Å². The largest absolute Gasteiger partial charge is 0.352 e. The van der Waals surface area contributed by atoms with Gasteiger partial charge in [0.05, 0.1) is 10.7 Å². The zero-order chi connectivity index (χ0) is 17.5. The fraction of sp³-hybridized carbons (Fsp3) is 0.474. The smallest absolute Gasteiger partial charge is 0.221 e. The van der Waals surface area contributed by atoms with Crippen LogP contribution >= 0.6 is 23.1 Å². The molecule has 1 N–H and O–H groups in total. The van der Waals surface area contributed by atoms with Crippen molar-refractivity contribution in [3.63, 3.8) is 0 Å². The molecule has 1 aromatic carbocycles. The first-order valence-electron chi connectivity index (χ1n) is 8.73. The van der Waals surface area contributed by atoms with E-state index in [1.165, 1.54) is 5.56 Å². The molecule has 0 unspecified atom stereocenters. The summed E-state index contributed by atoms with van der Waals surface area (Å²) in [6, 6.07) is 10.8. The minimum Gasteiger partial charge on any atom is -0.352 e. The van der Waals surface area contributed by atoms with Crippen LogP contribution in [0.2, 0.25) is 0 Å². The number of nitrogens with one attached hydrogen (secondary N) is 1. The SMILES string of the molecule is Cc1nc(CSCCC(=O)N[C@@H]2CCN(Cc3ccccc3)C2)cs1. The van der Waals surface area contributed by atoms with Gasteiger partial charge in [0.2, 0.25) is 5.91 Å². The van der Waals surface area contributed by atoms with Crippen molar-refractivity contribution in [3.05, 3.63) is 52.0 Å². The van der Waals surface area contributed by atoms with E-state index in [4.69, 9.17) is 0 Å². The molecule has 1 aliphatic heterocycles. The minimum atomic E-state index is 0.175. The van der Waals surface area contributed by atoms with E-state index < -0.39 is 0 Å². The van der Waals surface area contributed by atoms with Crippen molar-refractivity contribution in [2.45, 2.75) is 38.1 Å². The van der Waals surface area contributed by atoms with Gasteiger partial charge in [-0.2, -0.15) is 11.8 Å². The summed E-state index contributed by atoms with van der Waals surface area (Å²) in [7, 11) is 0. The summed E-state index contributed by atoms with van der Waals surface area (Å²) in [6.07, 6.45) is 1.63. The topological polar surface area (TPSA) is 45.2 Å². The molecule has 0 saturated carbocycles. The Morgan fingerprint density at radius 3 is 3.00 bits per heavy atom. The molecule has 1 amide bonds. The lowest BCUT2D eigenvalue weighted by atomic mass is 10.2. The zero-order valence-corrected chi connectivity index (χ0v) is 16.2. The second-order valence-electron chi connectivity index (χ2n) is 6.43. The van der Waals surface area contributed by atoms with Gasteiger partial charge >= 0.3 is 0 Å². The maximum absolute atomic E-state index is 12.1. The van der Waals surface area contributed by atoms with E-state index in [2.05, 4.69) is 44.8 Å². The summed E-state index contributed by atoms with van der Waals surface area (Å²) < 4.78 is 0. The van der Waals surface area contributed by atoms with Crippen LogP contribution in [0.3, 0.4) is 0 Å². The lowest BCUT2D eigenvalue weighted by Gasteiger charge is -2.16. The average Bonchev–Trinajstić information content (AvgIpc) is 3.21. The van der Waals surface area contributed by atoms with E-state index in [0.717, 1.165) is 48.3 Å². The van der Waals surface area contributed by atoms with Crippen LogP contribution in [-0.4, -0.2) is 40.7 Å². The van der Waals surface area contributed by atoms with E-state index in [9.17, 15) is 4.79 Å². The number of nitrogens with zero attached hydrogens (tertiary/aromatic N) is 2. The molecule has 2 heterocycles. The van der Waals surface area contributed by atoms with Crippen LogP contribution < -0.4 is 5.32 Å². The molecule has 1 atom stereocenters. The highest BCUT2D eigenvalue weighted by Crippen LogP contribution is 2.16. The predicted octanol–water partition coefficient (Wildman–Crippen LogP) is 3.47. The second-order valence-corrected chi connectivity index (χ2v) is 8.60. The lowest BCUT2D eigenvalue weighted by Crippen LogP contribution is -2.37. The second kappa shape index (κ2) is 9.36. The number of rotatable bonds is 8. The molecule has 2 aromatic rings. The maximum atomic E-state index is 12.1. The number of aryl methyl sites for hydroxylation is 1. The third-order valence-corrected chi connectivity index (χ3v) is 6.09. The van der Waals surface area contributed by atoms with Crippen LogP contribution in [-0.2, 0) is 17.1 Å². The van der Waals surface area contributed by atoms with Gasteiger partial charge in [-0.3, -0.25) is 9.69 Å². The highest BCUT2D eigenvalue weighted by atomic mass is 32.2. The van der Waals surface area contributed by atoms with E-state index in [1.807, 2.05) is 13.0 Å². The third kappa shape index (κ3) is 6.13. The predicted molar refractivity (Wildman–Crippen MR) is 106 cm³/mol. The van der Waals surface area contributed by atoms with E-state index in [1.54, 1.807) is 23.1 Å². The molecular formula is C19H25N3OS2. The monoisotopic (exact) mass is 375 g/mol. The number of thioether (sulfide) groups is 1. The van der Waals surface area contributed by atoms with E-state index in [-0.39, 0.29) is 5.91 Å². The number of carbonyl (C=O) groups excluding carboxylic acids is 1. The Balaban J connectivity index is 1.30. The Kier molecular flexibility index (Phi) is 6.90. The number of hydrogen-bond acceptors (Lipinski definition) is 5. The number of aromatic nitrogens is 1. The van der Waals surface area contributed by atoms with Crippen LogP contribution in [0.15, 0.2) is 35.7 Å². The molecule has 134 valence electrons. The van der Waals surface area contributed by atoms with Crippen molar-refractivity contribution in [2.75, 3.05) is 18.8 Å². The Morgan fingerprint density at radius 2 is 2.24 bits per heavy atom. The molecular weight excluding hydrogens is 350 g/mol. The van der Waals surface area contributed by atoms with Crippen molar-refractivity contribution in [3.8, 4) is 0 Å². The summed E-state index contributed by atoms with van der Waals surface area (Å²) in [5.41, 5.74) is 2.46. The summed E-state index contributed by atoms with van der Waals surface area (Å²) in [5.74, 6) is 1.92. The Hall–Kier alpha value is -1.37. The van der Waals surface area contributed by atoms with Crippen molar-refractivity contribution < 1.29 is 4.79 Å². The van der Waals surface area contributed by atoms with Crippen molar-refractivity contribution >= 4 is 29.0 Å². The van der Waals surface area contributed by atoms with Crippen molar-refractivity contribution in [1.29, 1.82) is 0 Å². The lowest BCUT2D eigenvalue weighted by molar-refractivity contribution is -0.121. The number of hydrogen-bond donors (Lipinski definition) is 1. The molecule has 0 bridgehead atoms. The summed E-state index contributed by atoms with van der Waals surface area (Å²) in [4.78, 5) is 19.0. The molecule has 0 spiro atoms. The summed E-state index contributed by atoms with van der Waals surface area (Å²) in [6.45, 7) is 4.99. The van der Waals surface area contributed by atoms with Crippen LogP contribution in [0.5, 0.6) is 0 Å². The van der Waals surface area contributed by atoms with Crippen molar-refractivity contribution in [2.24, 2.45) is 0 Å². The number of amides is 1.